The van der Waals surface area contributed by atoms with Crippen LogP contribution >= 0.6 is 0 Å². The van der Waals surface area contributed by atoms with Crippen LogP contribution in [0.25, 0.3) is 0 Å². The molecule has 2 atom stereocenters. The number of hydrogen-bond donors (Lipinski definition) is 3. The maximum absolute atomic E-state index is 10.8. The van der Waals surface area contributed by atoms with E-state index in [2.05, 4.69) is 24.5 Å². The smallest absolute Gasteiger partial charge is 0.316 e. The van der Waals surface area contributed by atoms with Crippen molar-refractivity contribution in [3.8, 4) is 0 Å². The van der Waals surface area contributed by atoms with Crippen molar-refractivity contribution >= 4 is 11.7 Å². The lowest BCUT2D eigenvalue weighted by Crippen LogP contribution is -2.34. The van der Waals surface area contributed by atoms with Gasteiger partial charge in [0.25, 0.3) is 0 Å². The van der Waals surface area contributed by atoms with Crippen molar-refractivity contribution in [3.63, 3.8) is 0 Å². The molecule has 1 aromatic carbocycles. The molecule has 1 saturated carbocycles. The van der Waals surface area contributed by atoms with E-state index in [0.29, 0.717) is 12.1 Å². The summed E-state index contributed by atoms with van der Waals surface area (Å²) < 4.78 is 0. The van der Waals surface area contributed by atoms with E-state index in [0.717, 1.165) is 11.6 Å². The second-order valence-corrected chi connectivity index (χ2v) is 5.83. The number of rotatable bonds is 5. The van der Waals surface area contributed by atoms with Gasteiger partial charge in [-0.3, -0.25) is 0 Å². The Morgan fingerprint density at radius 2 is 1.80 bits per heavy atom. The molecule has 0 heterocycles. The summed E-state index contributed by atoms with van der Waals surface area (Å²) in [6, 6.07) is 8.17. The van der Waals surface area contributed by atoms with E-state index in [9.17, 15) is 4.79 Å². The van der Waals surface area contributed by atoms with Crippen molar-refractivity contribution in [2.75, 3.05) is 5.32 Å². The molecule has 1 unspecified atom stereocenters. The van der Waals surface area contributed by atoms with Crippen LogP contribution in [0.15, 0.2) is 24.3 Å². The summed E-state index contributed by atoms with van der Waals surface area (Å²) in [7, 11) is 0. The van der Waals surface area contributed by atoms with Gasteiger partial charge in [-0.15, -0.1) is 0 Å². The summed E-state index contributed by atoms with van der Waals surface area (Å²) >= 11 is 0. The first-order chi connectivity index (χ1) is 9.56. The Morgan fingerprint density at radius 3 is 2.35 bits per heavy atom. The van der Waals surface area contributed by atoms with Crippen LogP contribution in [0.4, 0.5) is 10.5 Å². The van der Waals surface area contributed by atoms with Crippen molar-refractivity contribution in [2.24, 2.45) is 11.7 Å². The van der Waals surface area contributed by atoms with E-state index in [-0.39, 0.29) is 0 Å². The first kappa shape index (κ1) is 14.9. The Kier molecular flexibility index (Phi) is 5.01. The number of amides is 2. The van der Waals surface area contributed by atoms with Crippen LogP contribution in [0.1, 0.15) is 51.1 Å². The minimum Gasteiger partial charge on any atom is -0.351 e. The summed E-state index contributed by atoms with van der Waals surface area (Å²) in [5.41, 5.74) is 7.06. The van der Waals surface area contributed by atoms with Crippen LogP contribution in [-0.2, 0) is 0 Å². The number of benzene rings is 1. The van der Waals surface area contributed by atoms with Gasteiger partial charge in [-0.25, -0.2) is 4.79 Å². The maximum atomic E-state index is 10.8. The molecule has 4 N–H and O–H groups in total. The molecule has 110 valence electrons. The Hall–Kier alpha value is -1.55. The number of carbonyl (C=O) groups excluding carboxylic acids is 1. The van der Waals surface area contributed by atoms with Crippen molar-refractivity contribution < 1.29 is 4.79 Å². The number of hydrogen-bond acceptors (Lipinski definition) is 2. The van der Waals surface area contributed by atoms with E-state index in [1.54, 1.807) is 0 Å². The van der Waals surface area contributed by atoms with Gasteiger partial charge in [0.1, 0.15) is 0 Å². The lowest BCUT2D eigenvalue weighted by Gasteiger charge is -2.25. The SMILES string of the molecule is CC(N[C@H](C)C1CCCC1)c1ccc(NC(N)=O)cc1. The Balaban J connectivity index is 1.91. The highest BCUT2D eigenvalue weighted by molar-refractivity contribution is 5.87. The zero-order valence-corrected chi connectivity index (χ0v) is 12.4. The quantitative estimate of drug-likeness (QED) is 0.771. The molecule has 2 rings (SSSR count). The third kappa shape index (κ3) is 3.97. The van der Waals surface area contributed by atoms with Crippen molar-refractivity contribution in [3.05, 3.63) is 29.8 Å². The first-order valence-electron chi connectivity index (χ1n) is 7.48. The van der Waals surface area contributed by atoms with E-state index in [1.807, 2.05) is 24.3 Å². The van der Waals surface area contributed by atoms with Gasteiger partial charge in [0.15, 0.2) is 0 Å². The number of carbonyl (C=O) groups is 1. The maximum Gasteiger partial charge on any atom is 0.316 e. The van der Waals surface area contributed by atoms with E-state index in [1.165, 1.54) is 31.2 Å². The molecule has 4 nitrogen and oxygen atoms in total. The van der Waals surface area contributed by atoms with Crippen LogP contribution < -0.4 is 16.4 Å². The van der Waals surface area contributed by atoms with Crippen LogP contribution in [-0.4, -0.2) is 12.1 Å². The topological polar surface area (TPSA) is 67.2 Å². The number of nitrogens with two attached hydrogens (primary N) is 1. The summed E-state index contributed by atoms with van der Waals surface area (Å²) in [6.07, 6.45) is 5.45. The average molecular weight is 275 g/mol. The van der Waals surface area contributed by atoms with Crippen LogP contribution in [0.3, 0.4) is 0 Å². The standard InChI is InChI=1S/C16H25N3O/c1-11(13-5-3-4-6-13)18-12(2)14-7-9-15(10-8-14)19-16(17)20/h7-13,18H,3-6H2,1-2H3,(H3,17,19,20)/t11-,12?/m1/s1. The minimum atomic E-state index is -0.529. The van der Waals surface area contributed by atoms with Gasteiger partial charge in [-0.1, -0.05) is 25.0 Å². The average Bonchev–Trinajstić information content (AvgIpc) is 2.92. The molecule has 2 amide bonds. The fourth-order valence-corrected chi connectivity index (χ4v) is 3.08. The molecule has 1 fully saturated rings. The number of anilines is 1. The van der Waals surface area contributed by atoms with Crippen LogP contribution in [0, 0.1) is 5.92 Å². The largest absolute Gasteiger partial charge is 0.351 e. The fraction of sp³-hybridized carbons (Fsp3) is 0.562. The lowest BCUT2D eigenvalue weighted by molar-refractivity contribution is 0.259. The molecule has 4 heteroatoms. The number of primary amides is 1. The molecule has 1 aliphatic carbocycles. The summed E-state index contributed by atoms with van der Waals surface area (Å²) in [4.78, 5) is 10.8. The van der Waals surface area contributed by atoms with Crippen molar-refractivity contribution in [2.45, 2.75) is 51.6 Å². The summed E-state index contributed by atoms with van der Waals surface area (Å²) in [5.74, 6) is 0.813. The second-order valence-electron chi connectivity index (χ2n) is 5.83. The predicted molar refractivity (Wildman–Crippen MR) is 82.6 cm³/mol. The van der Waals surface area contributed by atoms with Gasteiger partial charge in [0.2, 0.25) is 0 Å². The number of urea groups is 1. The van der Waals surface area contributed by atoms with Gasteiger partial charge in [0.05, 0.1) is 0 Å². The molecule has 0 spiro atoms. The zero-order chi connectivity index (χ0) is 14.5. The molecule has 0 radical (unpaired) electrons. The van der Waals surface area contributed by atoms with Gasteiger partial charge in [0, 0.05) is 17.8 Å². The van der Waals surface area contributed by atoms with Gasteiger partial charge in [-0.05, 0) is 50.3 Å². The van der Waals surface area contributed by atoms with E-state index in [4.69, 9.17) is 5.73 Å². The van der Waals surface area contributed by atoms with Crippen LogP contribution in [0.5, 0.6) is 0 Å². The van der Waals surface area contributed by atoms with Gasteiger partial charge < -0.3 is 16.4 Å². The highest BCUT2D eigenvalue weighted by Crippen LogP contribution is 2.29. The predicted octanol–water partition coefficient (Wildman–Crippen LogP) is 3.41. The normalized spacial score (nSPS) is 18.7. The highest BCUT2D eigenvalue weighted by Gasteiger charge is 2.22. The molecule has 0 saturated heterocycles. The summed E-state index contributed by atoms with van der Waals surface area (Å²) in [5, 5.41) is 6.26. The van der Waals surface area contributed by atoms with Crippen molar-refractivity contribution in [1.82, 2.24) is 5.32 Å². The fourth-order valence-electron chi connectivity index (χ4n) is 3.08. The highest BCUT2D eigenvalue weighted by atomic mass is 16.2. The van der Waals surface area contributed by atoms with E-state index >= 15 is 0 Å². The number of nitrogens with one attached hydrogen (secondary N) is 2. The molecular weight excluding hydrogens is 250 g/mol. The van der Waals surface area contributed by atoms with Crippen molar-refractivity contribution in [1.29, 1.82) is 0 Å². The molecule has 20 heavy (non-hydrogen) atoms. The molecular formula is C16H25N3O. The molecule has 1 aromatic rings. The Labute approximate surface area is 121 Å². The Bertz CT molecular complexity index is 438. The third-order valence-corrected chi connectivity index (χ3v) is 4.30. The summed E-state index contributed by atoms with van der Waals surface area (Å²) in [6.45, 7) is 4.47. The van der Waals surface area contributed by atoms with Crippen LogP contribution in [0.2, 0.25) is 0 Å². The zero-order valence-electron chi connectivity index (χ0n) is 12.4. The monoisotopic (exact) mass is 275 g/mol. The lowest BCUT2D eigenvalue weighted by atomic mass is 9.98. The second kappa shape index (κ2) is 6.75. The minimum absolute atomic E-state index is 0.313. The molecule has 0 aromatic heterocycles. The third-order valence-electron chi connectivity index (χ3n) is 4.30. The molecule has 0 aliphatic heterocycles. The van der Waals surface area contributed by atoms with Gasteiger partial charge >= 0.3 is 6.03 Å². The van der Waals surface area contributed by atoms with Gasteiger partial charge in [-0.2, -0.15) is 0 Å². The van der Waals surface area contributed by atoms with E-state index < -0.39 is 6.03 Å². The molecule has 0 bridgehead atoms. The first-order valence-corrected chi connectivity index (χ1v) is 7.48. The molecule has 1 aliphatic rings. The Morgan fingerprint density at radius 1 is 1.20 bits per heavy atom.